The first-order valence-corrected chi connectivity index (χ1v) is 12.8. The minimum atomic E-state index is 1.09. The molecule has 0 amide bonds. The summed E-state index contributed by atoms with van der Waals surface area (Å²) in [5, 5.41) is 9.80. The molecule has 3 aromatic heterocycles. The maximum atomic E-state index is 4.93. The lowest BCUT2D eigenvalue weighted by atomic mass is 10.1. The van der Waals surface area contributed by atoms with Gasteiger partial charge in [-0.05, 0) is 29.8 Å². The lowest BCUT2D eigenvalue weighted by Crippen LogP contribution is -2.44. The van der Waals surface area contributed by atoms with Crippen molar-refractivity contribution in [1.82, 2.24) is 14.3 Å². The van der Waals surface area contributed by atoms with E-state index < -0.39 is 0 Å². The van der Waals surface area contributed by atoms with Gasteiger partial charge in [0.1, 0.15) is 17.2 Å². The Morgan fingerprint density at radius 2 is 1.08 bits per heavy atom. The average Bonchev–Trinajstić information content (AvgIpc) is 3.51. The smallest absolute Gasteiger partial charge is 0.232 e. The van der Waals surface area contributed by atoms with Crippen LogP contribution in [0.2, 0.25) is 0 Å². The molecule has 0 unspecified atom stereocenters. The molecule has 0 atom stereocenters. The van der Waals surface area contributed by atoms with E-state index in [1.807, 2.05) is 17.1 Å². The number of nitrogens with zero attached hydrogens (tertiary/aromatic N) is 4. The van der Waals surface area contributed by atoms with Crippen LogP contribution in [0.3, 0.4) is 0 Å². The molecule has 4 heteroatoms. The van der Waals surface area contributed by atoms with Crippen LogP contribution in [0, 0.1) is 0 Å². The van der Waals surface area contributed by atoms with Gasteiger partial charge >= 0.3 is 0 Å². The topological polar surface area (TPSA) is 26.6 Å². The number of hydrogen-bond donors (Lipinski definition) is 0. The Kier molecular flexibility index (Phi) is 4.49. The van der Waals surface area contributed by atoms with E-state index in [0.717, 1.165) is 27.8 Å². The highest BCUT2D eigenvalue weighted by Crippen LogP contribution is 2.39. The summed E-state index contributed by atoms with van der Waals surface area (Å²) in [7, 11) is 0. The van der Waals surface area contributed by atoms with E-state index in [1.165, 1.54) is 32.6 Å². The van der Waals surface area contributed by atoms with Gasteiger partial charge in [0.25, 0.3) is 0 Å². The van der Waals surface area contributed by atoms with Crippen LogP contribution in [0.5, 0.6) is 0 Å². The van der Waals surface area contributed by atoms with Crippen LogP contribution in [0.4, 0.5) is 0 Å². The lowest BCUT2D eigenvalue weighted by Gasteiger charge is -2.09. The highest BCUT2D eigenvalue weighted by molar-refractivity contribution is 6.23. The van der Waals surface area contributed by atoms with E-state index >= 15 is 0 Å². The number of aromatic nitrogens is 4. The van der Waals surface area contributed by atoms with Crippen molar-refractivity contribution in [2.45, 2.75) is 0 Å². The van der Waals surface area contributed by atoms with Crippen molar-refractivity contribution in [2.24, 2.45) is 0 Å². The number of para-hydroxylation sites is 3. The molecule has 0 saturated carbocycles. The lowest BCUT2D eigenvalue weighted by molar-refractivity contribution is -0.776. The predicted octanol–water partition coefficient (Wildman–Crippen LogP) is 7.55. The molecule has 0 aliphatic rings. The largest absolute Gasteiger partial charge is 0.307 e. The molecule has 0 aliphatic heterocycles. The summed E-state index contributed by atoms with van der Waals surface area (Å²) < 4.78 is 4.64. The molecule has 0 fully saturated rings. The Balaban J connectivity index is 1.52. The number of fused-ring (bicyclic) bond motifs is 7. The van der Waals surface area contributed by atoms with Crippen LogP contribution in [0.15, 0.2) is 140 Å². The van der Waals surface area contributed by atoms with Gasteiger partial charge < -0.3 is 4.57 Å². The van der Waals surface area contributed by atoms with E-state index in [4.69, 9.17) is 5.10 Å². The van der Waals surface area contributed by atoms with Gasteiger partial charge in [-0.15, -0.1) is 0 Å². The predicted molar refractivity (Wildman–Crippen MR) is 154 cm³/mol. The molecule has 178 valence electrons. The first kappa shape index (κ1) is 20.9. The zero-order valence-corrected chi connectivity index (χ0v) is 20.6. The molecule has 0 spiro atoms. The Morgan fingerprint density at radius 3 is 1.79 bits per heavy atom. The summed E-state index contributed by atoms with van der Waals surface area (Å²) >= 11 is 0. The average molecular weight is 488 g/mol. The maximum absolute atomic E-state index is 4.93. The van der Waals surface area contributed by atoms with Crippen molar-refractivity contribution in [3.05, 3.63) is 140 Å². The molecule has 8 aromatic rings. The number of rotatable bonds is 3. The normalized spacial score (nSPS) is 11.7. The fourth-order valence-electron chi connectivity index (χ4n) is 5.81. The SMILES string of the molecule is c1ccc(-c2cc[n+](-n3c4ccccc4c4ccc5c6ccccc6n(-c6ccccc6)c5c43)nc2)cc1. The molecular formula is C34H23N4+. The number of benzene rings is 5. The van der Waals surface area contributed by atoms with Crippen molar-refractivity contribution < 1.29 is 4.79 Å². The first-order chi connectivity index (χ1) is 18.9. The Labute approximate surface area is 219 Å². The summed E-state index contributed by atoms with van der Waals surface area (Å²) in [5.74, 6) is 0. The molecule has 4 nitrogen and oxygen atoms in total. The van der Waals surface area contributed by atoms with Crippen molar-refractivity contribution in [3.8, 4) is 16.8 Å². The van der Waals surface area contributed by atoms with Gasteiger partial charge in [-0.25, -0.2) is 0 Å². The molecular weight excluding hydrogens is 464 g/mol. The van der Waals surface area contributed by atoms with Gasteiger partial charge in [-0.1, -0.05) is 102 Å². The minimum absolute atomic E-state index is 1.09. The van der Waals surface area contributed by atoms with Crippen molar-refractivity contribution in [1.29, 1.82) is 0 Å². The Hall–Kier alpha value is -5.22. The zero-order valence-electron chi connectivity index (χ0n) is 20.6. The van der Waals surface area contributed by atoms with Gasteiger partial charge in [0.15, 0.2) is 0 Å². The first-order valence-electron chi connectivity index (χ1n) is 12.8. The third kappa shape index (κ3) is 2.98. The molecule has 3 heterocycles. The summed E-state index contributed by atoms with van der Waals surface area (Å²) in [4.78, 5) is 1.96. The quantitative estimate of drug-likeness (QED) is 0.236. The van der Waals surface area contributed by atoms with Crippen LogP contribution in [-0.4, -0.2) is 14.3 Å². The third-order valence-electron chi connectivity index (χ3n) is 7.47. The second kappa shape index (κ2) is 8.15. The molecule has 0 saturated heterocycles. The molecule has 5 aromatic carbocycles. The van der Waals surface area contributed by atoms with Gasteiger partial charge in [0.05, 0.1) is 11.0 Å². The fraction of sp³-hybridized carbons (Fsp3) is 0. The monoisotopic (exact) mass is 487 g/mol. The van der Waals surface area contributed by atoms with Gasteiger partial charge in [-0.3, -0.25) is 0 Å². The number of hydrogen-bond acceptors (Lipinski definition) is 1. The molecule has 38 heavy (non-hydrogen) atoms. The van der Waals surface area contributed by atoms with Crippen LogP contribution in [0.1, 0.15) is 0 Å². The highest BCUT2D eigenvalue weighted by atomic mass is 15.6. The highest BCUT2D eigenvalue weighted by Gasteiger charge is 2.24. The van der Waals surface area contributed by atoms with Crippen LogP contribution in [0.25, 0.3) is 60.4 Å². The molecule has 0 radical (unpaired) electrons. The van der Waals surface area contributed by atoms with Crippen molar-refractivity contribution >= 4 is 43.6 Å². The summed E-state index contributed by atoms with van der Waals surface area (Å²) in [6, 6.07) is 44.9. The second-order valence-electron chi connectivity index (χ2n) is 9.58. The molecule has 0 N–H and O–H groups in total. The molecule has 8 rings (SSSR count). The fourth-order valence-corrected chi connectivity index (χ4v) is 5.81. The Bertz CT molecular complexity index is 2100. The van der Waals surface area contributed by atoms with Crippen molar-refractivity contribution in [2.75, 3.05) is 0 Å². The Morgan fingerprint density at radius 1 is 0.474 bits per heavy atom. The maximum Gasteiger partial charge on any atom is 0.232 e. The van der Waals surface area contributed by atoms with Crippen molar-refractivity contribution in [3.63, 3.8) is 0 Å². The minimum Gasteiger partial charge on any atom is -0.307 e. The van der Waals surface area contributed by atoms with Gasteiger partial charge in [-0.2, -0.15) is 0 Å². The van der Waals surface area contributed by atoms with Crippen LogP contribution in [-0.2, 0) is 0 Å². The summed E-state index contributed by atoms with van der Waals surface area (Å²) in [6.07, 6.45) is 4.01. The van der Waals surface area contributed by atoms with E-state index in [1.54, 1.807) is 0 Å². The second-order valence-corrected chi connectivity index (χ2v) is 9.58. The van der Waals surface area contributed by atoms with E-state index in [9.17, 15) is 0 Å². The molecule has 0 aliphatic carbocycles. The summed E-state index contributed by atoms with van der Waals surface area (Å²) in [6.45, 7) is 0. The standard InChI is InChI=1S/C34H23N4/c1-3-11-24(12-4-1)25-21-22-36(35-23-25)38-32-18-10-8-16-28(32)30-20-19-29-27-15-7-9-17-31(27)37(33(29)34(30)38)26-13-5-2-6-14-26/h1-23H/q+1. The summed E-state index contributed by atoms with van der Waals surface area (Å²) in [5.41, 5.74) is 7.99. The van der Waals surface area contributed by atoms with E-state index in [2.05, 4.69) is 137 Å². The van der Waals surface area contributed by atoms with Crippen LogP contribution < -0.4 is 4.79 Å². The third-order valence-corrected chi connectivity index (χ3v) is 7.47. The molecule has 0 bridgehead atoms. The van der Waals surface area contributed by atoms with E-state index in [-0.39, 0.29) is 0 Å². The van der Waals surface area contributed by atoms with E-state index in [0.29, 0.717) is 0 Å². The van der Waals surface area contributed by atoms with Crippen LogP contribution >= 0.6 is 0 Å². The zero-order chi connectivity index (χ0) is 25.1. The van der Waals surface area contributed by atoms with Gasteiger partial charge in [0, 0.05) is 48.8 Å². The van der Waals surface area contributed by atoms with Gasteiger partial charge in [0.2, 0.25) is 6.20 Å².